The third kappa shape index (κ3) is 2.47. The van der Waals surface area contributed by atoms with Crippen LogP contribution >= 0.6 is 0 Å². The maximum atomic E-state index is 5.90. The molecule has 0 aromatic carbocycles. The van der Waals surface area contributed by atoms with E-state index in [-0.39, 0.29) is 0 Å². The normalized spacial score (nSPS) is 40.3. The lowest BCUT2D eigenvalue weighted by atomic mass is 9.57. The molecule has 2 heteroatoms. The number of rotatable bonds is 3. The van der Waals surface area contributed by atoms with Gasteiger partial charge in [0.2, 0.25) is 0 Å². The zero-order chi connectivity index (χ0) is 13.5. The van der Waals surface area contributed by atoms with E-state index >= 15 is 0 Å². The Balaban J connectivity index is 1.58. The standard InChI is InChI=1S/C17H31NO/c1-12(13-8-6-4-5-7-9-13)18-15-14-10-11-19-16(14)17(15,2)3/h12-16,18H,4-11H2,1-3H3/t12-,14?,15?,16?/m0/s1. The first-order valence-corrected chi connectivity index (χ1v) is 8.48. The van der Waals surface area contributed by atoms with Crippen molar-refractivity contribution < 1.29 is 4.74 Å². The van der Waals surface area contributed by atoms with E-state index in [1.54, 1.807) is 0 Å². The molecule has 2 aliphatic carbocycles. The zero-order valence-electron chi connectivity index (χ0n) is 13.0. The summed E-state index contributed by atoms with van der Waals surface area (Å²) >= 11 is 0. The fraction of sp³-hybridized carbons (Fsp3) is 1.00. The monoisotopic (exact) mass is 265 g/mol. The van der Waals surface area contributed by atoms with Gasteiger partial charge in [0.05, 0.1) is 6.10 Å². The molecule has 2 saturated carbocycles. The zero-order valence-corrected chi connectivity index (χ0v) is 13.0. The quantitative estimate of drug-likeness (QED) is 0.785. The first kappa shape index (κ1) is 13.9. The summed E-state index contributed by atoms with van der Waals surface area (Å²) in [7, 11) is 0. The molecule has 3 aliphatic rings. The summed E-state index contributed by atoms with van der Waals surface area (Å²) in [6, 6.07) is 1.36. The van der Waals surface area contributed by atoms with Crippen LogP contribution in [0.25, 0.3) is 0 Å². The molecule has 0 amide bonds. The topological polar surface area (TPSA) is 21.3 Å². The van der Waals surface area contributed by atoms with Crippen LogP contribution in [-0.2, 0) is 4.74 Å². The molecule has 4 atom stereocenters. The molecular weight excluding hydrogens is 234 g/mol. The van der Waals surface area contributed by atoms with Gasteiger partial charge in [0.15, 0.2) is 0 Å². The Morgan fingerprint density at radius 2 is 1.74 bits per heavy atom. The van der Waals surface area contributed by atoms with Gasteiger partial charge in [-0.1, -0.05) is 39.5 Å². The Morgan fingerprint density at radius 1 is 1.05 bits per heavy atom. The van der Waals surface area contributed by atoms with Crippen molar-refractivity contribution in [2.75, 3.05) is 6.61 Å². The minimum Gasteiger partial charge on any atom is -0.377 e. The molecule has 110 valence electrons. The minimum atomic E-state index is 0.333. The Kier molecular flexibility index (Phi) is 3.92. The van der Waals surface area contributed by atoms with E-state index in [0.29, 0.717) is 23.6 Å². The van der Waals surface area contributed by atoms with Crippen molar-refractivity contribution in [2.24, 2.45) is 17.3 Å². The Labute approximate surface area is 118 Å². The van der Waals surface area contributed by atoms with Crippen molar-refractivity contribution in [1.29, 1.82) is 0 Å². The smallest absolute Gasteiger partial charge is 0.0685 e. The highest BCUT2D eigenvalue weighted by atomic mass is 16.5. The molecule has 1 heterocycles. The highest BCUT2D eigenvalue weighted by Gasteiger charge is 2.59. The van der Waals surface area contributed by atoms with E-state index in [9.17, 15) is 0 Å². The highest BCUT2D eigenvalue weighted by molar-refractivity contribution is 5.11. The number of ether oxygens (including phenoxy) is 1. The van der Waals surface area contributed by atoms with Gasteiger partial charge in [-0.05, 0) is 32.1 Å². The third-order valence-corrected chi connectivity index (χ3v) is 6.15. The van der Waals surface area contributed by atoms with Crippen molar-refractivity contribution in [1.82, 2.24) is 5.32 Å². The molecule has 3 rings (SSSR count). The molecule has 1 N–H and O–H groups in total. The average molecular weight is 265 g/mol. The summed E-state index contributed by atoms with van der Waals surface area (Å²) in [6.45, 7) is 8.18. The molecular formula is C17H31NO. The lowest BCUT2D eigenvalue weighted by Gasteiger charge is -2.56. The predicted molar refractivity (Wildman–Crippen MR) is 79.2 cm³/mol. The van der Waals surface area contributed by atoms with E-state index in [1.807, 2.05) is 0 Å². The van der Waals surface area contributed by atoms with Crippen LogP contribution in [0.4, 0.5) is 0 Å². The Morgan fingerprint density at radius 3 is 2.42 bits per heavy atom. The van der Waals surface area contributed by atoms with E-state index in [4.69, 9.17) is 4.74 Å². The van der Waals surface area contributed by atoms with Gasteiger partial charge in [-0.25, -0.2) is 0 Å². The number of hydrogen-bond acceptors (Lipinski definition) is 2. The molecule has 0 spiro atoms. The molecule has 3 unspecified atom stereocenters. The fourth-order valence-electron chi connectivity index (χ4n) is 4.89. The fourth-order valence-corrected chi connectivity index (χ4v) is 4.89. The molecule has 1 aliphatic heterocycles. The van der Waals surface area contributed by atoms with E-state index in [2.05, 4.69) is 26.1 Å². The molecule has 0 aromatic rings. The van der Waals surface area contributed by atoms with Gasteiger partial charge in [0.1, 0.15) is 0 Å². The molecule has 19 heavy (non-hydrogen) atoms. The van der Waals surface area contributed by atoms with Gasteiger partial charge in [0.25, 0.3) is 0 Å². The Hall–Kier alpha value is -0.0800. The number of hydrogen-bond donors (Lipinski definition) is 1. The average Bonchev–Trinajstić information content (AvgIpc) is 2.66. The second-order valence-corrected chi connectivity index (χ2v) is 7.75. The van der Waals surface area contributed by atoms with E-state index in [1.165, 1.54) is 44.9 Å². The summed E-state index contributed by atoms with van der Waals surface area (Å²) in [5, 5.41) is 4.00. The molecule has 2 nitrogen and oxygen atoms in total. The highest BCUT2D eigenvalue weighted by Crippen LogP contribution is 2.52. The van der Waals surface area contributed by atoms with Gasteiger partial charge >= 0.3 is 0 Å². The van der Waals surface area contributed by atoms with Crippen molar-refractivity contribution in [3.05, 3.63) is 0 Å². The van der Waals surface area contributed by atoms with E-state index in [0.717, 1.165) is 18.4 Å². The van der Waals surface area contributed by atoms with Crippen LogP contribution < -0.4 is 5.32 Å². The second-order valence-electron chi connectivity index (χ2n) is 7.75. The second kappa shape index (κ2) is 5.37. The molecule has 3 fully saturated rings. The molecule has 1 saturated heterocycles. The van der Waals surface area contributed by atoms with E-state index < -0.39 is 0 Å². The van der Waals surface area contributed by atoms with Crippen molar-refractivity contribution in [3.8, 4) is 0 Å². The maximum absolute atomic E-state index is 5.90. The van der Waals surface area contributed by atoms with Crippen LogP contribution in [-0.4, -0.2) is 24.8 Å². The summed E-state index contributed by atoms with van der Waals surface area (Å²) < 4.78 is 5.90. The van der Waals surface area contributed by atoms with Gasteiger partial charge in [0, 0.05) is 30.0 Å². The molecule has 0 bridgehead atoms. The van der Waals surface area contributed by atoms with Crippen LogP contribution in [0.15, 0.2) is 0 Å². The van der Waals surface area contributed by atoms with Crippen LogP contribution in [0.2, 0.25) is 0 Å². The van der Waals surface area contributed by atoms with Gasteiger partial charge in [-0.2, -0.15) is 0 Å². The van der Waals surface area contributed by atoms with Gasteiger partial charge in [-0.15, -0.1) is 0 Å². The van der Waals surface area contributed by atoms with Crippen molar-refractivity contribution in [2.45, 2.75) is 83.9 Å². The summed E-state index contributed by atoms with van der Waals surface area (Å²) in [6.07, 6.45) is 10.5. The molecule has 0 radical (unpaired) electrons. The van der Waals surface area contributed by atoms with Crippen LogP contribution in [0.1, 0.15) is 65.7 Å². The maximum Gasteiger partial charge on any atom is 0.0685 e. The largest absolute Gasteiger partial charge is 0.377 e. The number of nitrogens with one attached hydrogen (secondary N) is 1. The minimum absolute atomic E-state index is 0.333. The molecule has 0 aromatic heterocycles. The first-order valence-electron chi connectivity index (χ1n) is 8.48. The van der Waals surface area contributed by atoms with Crippen LogP contribution in [0.5, 0.6) is 0 Å². The predicted octanol–water partition coefficient (Wildman–Crippen LogP) is 3.75. The van der Waals surface area contributed by atoms with Crippen molar-refractivity contribution >= 4 is 0 Å². The summed E-state index contributed by atoms with van der Waals surface area (Å²) in [5.41, 5.74) is 0.333. The van der Waals surface area contributed by atoms with Crippen molar-refractivity contribution in [3.63, 3.8) is 0 Å². The van der Waals surface area contributed by atoms with Gasteiger partial charge < -0.3 is 10.1 Å². The summed E-state index contributed by atoms with van der Waals surface area (Å²) in [5.74, 6) is 1.68. The summed E-state index contributed by atoms with van der Waals surface area (Å²) in [4.78, 5) is 0. The first-order chi connectivity index (χ1) is 9.10. The van der Waals surface area contributed by atoms with Gasteiger partial charge in [-0.3, -0.25) is 0 Å². The lowest BCUT2D eigenvalue weighted by Crippen LogP contribution is -2.67. The van der Waals surface area contributed by atoms with Crippen LogP contribution in [0.3, 0.4) is 0 Å². The lowest BCUT2D eigenvalue weighted by molar-refractivity contribution is -0.116. The third-order valence-electron chi connectivity index (χ3n) is 6.15. The Bertz CT molecular complexity index is 306. The SMILES string of the molecule is C[C@H](NC1C2CCOC2C1(C)C)C1CCCCCC1. The number of fused-ring (bicyclic) bond motifs is 1. The van der Waals surface area contributed by atoms with Crippen LogP contribution in [0, 0.1) is 17.3 Å².